The number of aliphatic carboxylic acids is 1. The lowest BCUT2D eigenvalue weighted by molar-refractivity contribution is -0.143. The standard InChI is InChI=1S/C31H34FN3O6/c1-16-3-8-21(12-20(16)15-33)34-30(37)27-18-4-5-19(11-18)28(27)35-29(36)23-13-26(24(32)14-25(23)40-2)41-22-9-6-17(7-10-22)31(38)39/h3,8,12-14,17-19,22,27-28H,4-7,9-11H2,1-2H3,(H,34,37)(H,35,36)(H,38,39)/t17-,18-,19+,22+,27+,28-/m1/s1. The Morgan fingerprint density at radius 1 is 1.02 bits per heavy atom. The number of carboxylic acid groups (broad SMARTS) is 1. The van der Waals surface area contributed by atoms with Gasteiger partial charge in [0.25, 0.3) is 5.91 Å². The van der Waals surface area contributed by atoms with Gasteiger partial charge in [-0.25, -0.2) is 4.39 Å². The average molecular weight is 564 g/mol. The monoisotopic (exact) mass is 563 g/mol. The maximum atomic E-state index is 14.9. The lowest BCUT2D eigenvalue weighted by Crippen LogP contribution is -2.48. The number of rotatable bonds is 8. The number of carbonyl (C=O) groups excluding carboxylic acids is 2. The van der Waals surface area contributed by atoms with Crippen LogP contribution in [0.1, 0.15) is 66.4 Å². The number of aryl methyl sites for hydroxylation is 1. The molecule has 3 N–H and O–H groups in total. The fourth-order valence-electron chi connectivity index (χ4n) is 6.73. The third kappa shape index (κ3) is 5.85. The number of anilines is 1. The molecular formula is C31H34FN3O6. The quantitative estimate of drug-likeness (QED) is 0.419. The van der Waals surface area contributed by atoms with Crippen LogP contribution in [0.2, 0.25) is 0 Å². The third-order valence-corrected chi connectivity index (χ3v) is 8.96. The molecule has 2 bridgehead atoms. The van der Waals surface area contributed by atoms with Crippen LogP contribution in [0.25, 0.3) is 0 Å². The Morgan fingerprint density at radius 2 is 1.76 bits per heavy atom. The number of nitrogens with one attached hydrogen (secondary N) is 2. The fraction of sp³-hybridized carbons (Fsp3) is 0.484. The highest BCUT2D eigenvalue weighted by molar-refractivity contribution is 5.99. The van der Waals surface area contributed by atoms with E-state index in [4.69, 9.17) is 9.47 Å². The summed E-state index contributed by atoms with van der Waals surface area (Å²) in [4.78, 5) is 38.3. The molecule has 10 heteroatoms. The van der Waals surface area contributed by atoms with Gasteiger partial charge in [0.1, 0.15) is 5.75 Å². The van der Waals surface area contributed by atoms with Crippen molar-refractivity contribution in [2.75, 3.05) is 12.4 Å². The van der Waals surface area contributed by atoms with Gasteiger partial charge in [-0.05, 0) is 87.5 Å². The summed E-state index contributed by atoms with van der Waals surface area (Å²) in [5, 5.41) is 24.6. The summed E-state index contributed by atoms with van der Waals surface area (Å²) in [6.45, 7) is 1.83. The van der Waals surface area contributed by atoms with Crippen molar-refractivity contribution < 1.29 is 33.4 Å². The number of benzene rings is 2. The molecule has 2 aromatic rings. The SMILES string of the molecule is COc1cc(F)c(O[C@H]2CC[C@@H](C(=O)O)CC2)cc1C(=O)N[C@@H]1[C@H]2CC[C@H](C2)[C@@H]1C(=O)Nc1ccc(C)c(C#N)c1. The Hall–Kier alpha value is -4.13. The number of fused-ring (bicyclic) bond motifs is 2. The van der Waals surface area contributed by atoms with Crippen LogP contribution in [-0.2, 0) is 9.59 Å². The molecule has 3 fully saturated rings. The topological polar surface area (TPSA) is 138 Å². The van der Waals surface area contributed by atoms with E-state index in [1.165, 1.54) is 13.2 Å². The van der Waals surface area contributed by atoms with E-state index in [9.17, 15) is 29.1 Å². The number of carboxylic acids is 1. The van der Waals surface area contributed by atoms with Crippen LogP contribution in [0.4, 0.5) is 10.1 Å². The summed E-state index contributed by atoms with van der Waals surface area (Å²) in [6, 6.07) is 9.34. The van der Waals surface area contributed by atoms with Crippen LogP contribution in [0.15, 0.2) is 30.3 Å². The molecule has 0 aromatic heterocycles. The van der Waals surface area contributed by atoms with Gasteiger partial charge in [0.05, 0.1) is 42.2 Å². The first kappa shape index (κ1) is 28.4. The van der Waals surface area contributed by atoms with Crippen molar-refractivity contribution in [2.24, 2.45) is 23.7 Å². The molecule has 3 saturated carbocycles. The molecule has 0 saturated heterocycles. The molecule has 4 atom stereocenters. The van der Waals surface area contributed by atoms with E-state index in [0.29, 0.717) is 36.9 Å². The highest BCUT2D eigenvalue weighted by Gasteiger charge is 2.51. The maximum absolute atomic E-state index is 14.9. The minimum Gasteiger partial charge on any atom is -0.496 e. The van der Waals surface area contributed by atoms with Crippen LogP contribution in [0, 0.1) is 47.7 Å². The number of halogens is 1. The van der Waals surface area contributed by atoms with E-state index in [2.05, 4.69) is 16.7 Å². The largest absolute Gasteiger partial charge is 0.496 e. The maximum Gasteiger partial charge on any atom is 0.306 e. The van der Waals surface area contributed by atoms with Gasteiger partial charge < -0.3 is 25.2 Å². The van der Waals surface area contributed by atoms with Crippen LogP contribution in [-0.4, -0.2) is 42.1 Å². The molecule has 216 valence electrons. The molecule has 0 radical (unpaired) electrons. The van der Waals surface area contributed by atoms with Crippen LogP contribution in [0.3, 0.4) is 0 Å². The van der Waals surface area contributed by atoms with E-state index in [1.54, 1.807) is 18.2 Å². The minimum absolute atomic E-state index is 0.0507. The van der Waals surface area contributed by atoms with Gasteiger partial charge in [0.2, 0.25) is 5.91 Å². The van der Waals surface area contributed by atoms with Crippen molar-refractivity contribution >= 4 is 23.5 Å². The second kappa shape index (κ2) is 11.8. The summed E-state index contributed by atoms with van der Waals surface area (Å²) >= 11 is 0. The predicted octanol–water partition coefficient (Wildman–Crippen LogP) is 4.82. The molecule has 2 aromatic carbocycles. The summed E-state index contributed by atoms with van der Waals surface area (Å²) in [7, 11) is 1.35. The van der Waals surface area contributed by atoms with Gasteiger partial charge in [0, 0.05) is 17.8 Å². The van der Waals surface area contributed by atoms with Gasteiger partial charge in [-0.15, -0.1) is 0 Å². The molecule has 9 nitrogen and oxygen atoms in total. The summed E-state index contributed by atoms with van der Waals surface area (Å²) in [5.41, 5.74) is 1.93. The zero-order valence-corrected chi connectivity index (χ0v) is 23.1. The minimum atomic E-state index is -0.837. The van der Waals surface area contributed by atoms with Crippen molar-refractivity contribution in [3.63, 3.8) is 0 Å². The molecule has 5 rings (SSSR count). The van der Waals surface area contributed by atoms with Crippen molar-refractivity contribution in [1.29, 1.82) is 5.26 Å². The Balaban J connectivity index is 1.32. The van der Waals surface area contributed by atoms with Crippen LogP contribution in [0.5, 0.6) is 11.5 Å². The smallest absolute Gasteiger partial charge is 0.306 e. The number of nitrogens with zero attached hydrogens (tertiary/aromatic N) is 1. The Labute approximate surface area is 238 Å². The Morgan fingerprint density at radius 3 is 2.44 bits per heavy atom. The average Bonchev–Trinajstić information content (AvgIpc) is 3.57. The highest BCUT2D eigenvalue weighted by Crippen LogP contribution is 2.49. The van der Waals surface area contributed by atoms with Gasteiger partial charge in [0.15, 0.2) is 11.6 Å². The summed E-state index contributed by atoms with van der Waals surface area (Å²) < 4.78 is 26.1. The normalized spacial score (nSPS) is 26.6. The first-order valence-electron chi connectivity index (χ1n) is 14.1. The lowest BCUT2D eigenvalue weighted by Gasteiger charge is -2.31. The van der Waals surface area contributed by atoms with E-state index >= 15 is 0 Å². The number of carbonyl (C=O) groups is 3. The molecular weight excluding hydrogens is 529 g/mol. The Bertz CT molecular complexity index is 1400. The second-order valence-corrected chi connectivity index (χ2v) is 11.4. The molecule has 2 amide bonds. The van der Waals surface area contributed by atoms with Gasteiger partial charge in [-0.1, -0.05) is 6.07 Å². The number of hydrogen-bond donors (Lipinski definition) is 3. The van der Waals surface area contributed by atoms with Crippen LogP contribution >= 0.6 is 0 Å². The third-order valence-electron chi connectivity index (χ3n) is 8.96. The van der Waals surface area contributed by atoms with Crippen molar-refractivity contribution in [3.05, 3.63) is 52.8 Å². The molecule has 0 heterocycles. The molecule has 3 aliphatic carbocycles. The zero-order chi connectivity index (χ0) is 29.3. The molecule has 0 aliphatic heterocycles. The van der Waals surface area contributed by atoms with E-state index < -0.39 is 35.6 Å². The van der Waals surface area contributed by atoms with E-state index in [-0.39, 0.29) is 40.9 Å². The van der Waals surface area contributed by atoms with E-state index in [0.717, 1.165) is 30.9 Å². The number of ether oxygens (including phenoxy) is 2. The van der Waals surface area contributed by atoms with Crippen molar-refractivity contribution in [1.82, 2.24) is 5.32 Å². The fourth-order valence-corrected chi connectivity index (χ4v) is 6.73. The Kier molecular flexibility index (Phi) is 8.15. The highest BCUT2D eigenvalue weighted by atomic mass is 19.1. The lowest BCUT2D eigenvalue weighted by atomic mass is 9.83. The molecule has 0 spiro atoms. The summed E-state index contributed by atoms with van der Waals surface area (Å²) in [5.74, 6) is -2.86. The van der Waals surface area contributed by atoms with Crippen molar-refractivity contribution in [3.8, 4) is 17.6 Å². The number of methoxy groups -OCH3 is 1. The first-order chi connectivity index (χ1) is 19.7. The number of amides is 2. The predicted molar refractivity (Wildman–Crippen MR) is 147 cm³/mol. The molecule has 3 aliphatic rings. The van der Waals surface area contributed by atoms with Gasteiger partial charge in [-0.3, -0.25) is 14.4 Å². The van der Waals surface area contributed by atoms with Gasteiger partial charge in [-0.2, -0.15) is 5.26 Å². The van der Waals surface area contributed by atoms with E-state index in [1.807, 2.05) is 6.92 Å². The second-order valence-electron chi connectivity index (χ2n) is 11.4. The number of hydrogen-bond acceptors (Lipinski definition) is 6. The van der Waals surface area contributed by atoms with Crippen LogP contribution < -0.4 is 20.1 Å². The first-order valence-corrected chi connectivity index (χ1v) is 14.1. The van der Waals surface area contributed by atoms with Crippen molar-refractivity contribution in [2.45, 2.75) is 64.0 Å². The number of nitriles is 1. The molecule has 41 heavy (non-hydrogen) atoms. The zero-order valence-electron chi connectivity index (χ0n) is 23.1. The summed E-state index contributed by atoms with van der Waals surface area (Å²) in [6.07, 6.45) is 4.11. The molecule has 0 unspecified atom stereocenters. The van der Waals surface area contributed by atoms with Gasteiger partial charge >= 0.3 is 5.97 Å².